The van der Waals surface area contributed by atoms with Crippen LogP contribution in [-0.4, -0.2) is 43.0 Å². The van der Waals surface area contributed by atoms with Crippen molar-refractivity contribution in [2.24, 2.45) is 0 Å². The third kappa shape index (κ3) is 2.91. The monoisotopic (exact) mass is 267 g/mol. The molecule has 4 heteroatoms. The molecule has 1 aromatic rings. The summed E-state index contributed by atoms with van der Waals surface area (Å²) in [7, 11) is 1.72. The maximum atomic E-state index is 12.3. The molecule has 2 unspecified atom stereocenters. The normalized spacial score (nSPS) is 22.1. The number of halogens is 1. The van der Waals surface area contributed by atoms with Gasteiger partial charge in [0.1, 0.15) is 0 Å². The molecule has 2 atom stereocenters. The van der Waals surface area contributed by atoms with Crippen LogP contribution in [0.2, 0.25) is 5.02 Å². The molecule has 0 aliphatic carbocycles. The van der Waals surface area contributed by atoms with Crippen molar-refractivity contribution in [3.8, 4) is 0 Å². The Bertz CT molecular complexity index is 436. The van der Waals surface area contributed by atoms with Crippen molar-refractivity contribution in [3.05, 3.63) is 34.9 Å². The first-order valence-corrected chi connectivity index (χ1v) is 6.56. The number of carbonyl (C=O) groups is 1. The third-order valence-electron chi connectivity index (χ3n) is 3.55. The summed E-state index contributed by atoms with van der Waals surface area (Å²) in [6.45, 7) is 3.68. The highest BCUT2D eigenvalue weighted by Gasteiger charge is 2.29. The second-order valence-corrected chi connectivity index (χ2v) is 5.13. The van der Waals surface area contributed by atoms with Gasteiger partial charge in [-0.15, -0.1) is 0 Å². The average Bonchev–Trinajstić information content (AvgIpc) is 2.85. The Hall–Kier alpha value is -0.900. The number of likely N-dealkylation sites (tertiary alicyclic amines) is 1. The number of hydrogen-bond donors (Lipinski definition) is 0. The molecule has 1 aliphatic heterocycles. The number of methoxy groups -OCH3 is 1. The number of carbonyl (C=O) groups excluding carboxylic acids is 1. The molecule has 18 heavy (non-hydrogen) atoms. The lowest BCUT2D eigenvalue weighted by Crippen LogP contribution is -2.38. The van der Waals surface area contributed by atoms with Crippen LogP contribution in [0.15, 0.2) is 24.3 Å². The minimum absolute atomic E-state index is 0.120. The van der Waals surface area contributed by atoms with Crippen LogP contribution < -0.4 is 0 Å². The molecule has 98 valence electrons. The van der Waals surface area contributed by atoms with Crippen molar-refractivity contribution in [1.82, 2.24) is 4.90 Å². The smallest absolute Gasteiger partial charge is 0.179 e. The lowest BCUT2D eigenvalue weighted by atomic mass is 10.0. The summed E-state index contributed by atoms with van der Waals surface area (Å²) in [5.74, 6) is 0.120. The summed E-state index contributed by atoms with van der Waals surface area (Å²) >= 11 is 5.91. The number of ether oxygens (including phenoxy) is 1. The van der Waals surface area contributed by atoms with Gasteiger partial charge in [-0.1, -0.05) is 23.7 Å². The van der Waals surface area contributed by atoms with E-state index in [9.17, 15) is 4.79 Å². The van der Waals surface area contributed by atoms with Gasteiger partial charge in [0.15, 0.2) is 5.78 Å². The number of hydrogen-bond acceptors (Lipinski definition) is 3. The number of benzene rings is 1. The topological polar surface area (TPSA) is 29.5 Å². The Morgan fingerprint density at radius 1 is 1.56 bits per heavy atom. The van der Waals surface area contributed by atoms with Crippen molar-refractivity contribution in [2.75, 3.05) is 20.2 Å². The van der Waals surface area contributed by atoms with E-state index in [-0.39, 0.29) is 17.9 Å². The maximum absolute atomic E-state index is 12.3. The second-order valence-electron chi connectivity index (χ2n) is 4.69. The molecule has 0 spiro atoms. The molecule has 3 nitrogen and oxygen atoms in total. The van der Waals surface area contributed by atoms with Crippen molar-refractivity contribution < 1.29 is 9.53 Å². The Labute approximate surface area is 113 Å². The lowest BCUT2D eigenvalue weighted by Gasteiger charge is -2.23. The Morgan fingerprint density at radius 3 is 2.94 bits per heavy atom. The zero-order valence-electron chi connectivity index (χ0n) is 10.7. The van der Waals surface area contributed by atoms with E-state index in [1.54, 1.807) is 19.2 Å². The zero-order valence-corrected chi connectivity index (χ0v) is 11.5. The van der Waals surface area contributed by atoms with Gasteiger partial charge in [-0.25, -0.2) is 0 Å². The predicted molar refractivity (Wildman–Crippen MR) is 72.2 cm³/mol. The number of ketones is 1. The summed E-state index contributed by atoms with van der Waals surface area (Å²) < 4.78 is 5.32. The summed E-state index contributed by atoms with van der Waals surface area (Å²) in [5, 5.41) is 0.601. The number of nitrogens with zero attached hydrogens (tertiary/aromatic N) is 1. The first kappa shape index (κ1) is 13.5. The van der Waals surface area contributed by atoms with Gasteiger partial charge >= 0.3 is 0 Å². The van der Waals surface area contributed by atoms with E-state index in [1.807, 2.05) is 19.1 Å². The summed E-state index contributed by atoms with van der Waals surface area (Å²) in [6.07, 6.45) is 1.24. The fourth-order valence-corrected chi connectivity index (χ4v) is 2.54. The van der Waals surface area contributed by atoms with E-state index in [2.05, 4.69) is 4.90 Å². The first-order valence-electron chi connectivity index (χ1n) is 6.18. The molecule has 1 saturated heterocycles. The lowest BCUT2D eigenvalue weighted by molar-refractivity contribution is 0.0801. The van der Waals surface area contributed by atoms with Crippen LogP contribution >= 0.6 is 11.6 Å². The van der Waals surface area contributed by atoms with Crippen LogP contribution in [0.3, 0.4) is 0 Å². The standard InChI is InChI=1S/C14H18ClNO2/c1-10(16-7-6-13(9-16)18-2)14(17)11-4-3-5-12(15)8-11/h3-5,8,10,13H,6-7,9H2,1-2H3. The van der Waals surface area contributed by atoms with Gasteiger partial charge in [0.2, 0.25) is 0 Å². The largest absolute Gasteiger partial charge is 0.380 e. The van der Waals surface area contributed by atoms with Gasteiger partial charge in [-0.05, 0) is 25.5 Å². The van der Waals surface area contributed by atoms with Gasteiger partial charge in [-0.3, -0.25) is 9.69 Å². The number of rotatable bonds is 4. The van der Waals surface area contributed by atoms with Crippen molar-refractivity contribution in [3.63, 3.8) is 0 Å². The molecular formula is C14H18ClNO2. The first-order chi connectivity index (χ1) is 8.61. The zero-order chi connectivity index (χ0) is 13.1. The van der Waals surface area contributed by atoms with Gasteiger partial charge in [0, 0.05) is 30.8 Å². The van der Waals surface area contributed by atoms with Crippen LogP contribution in [0, 0.1) is 0 Å². The minimum atomic E-state index is -0.122. The molecule has 0 aromatic heterocycles. The molecule has 1 aliphatic rings. The van der Waals surface area contributed by atoms with E-state index < -0.39 is 0 Å². The summed E-state index contributed by atoms with van der Waals surface area (Å²) in [6, 6.07) is 7.01. The third-order valence-corrected chi connectivity index (χ3v) is 3.78. The molecule has 2 rings (SSSR count). The molecule has 0 N–H and O–H groups in total. The predicted octanol–water partition coefficient (Wildman–Crippen LogP) is 2.63. The number of Topliss-reactive ketones (excluding diaryl/α,β-unsaturated/α-hetero) is 1. The van der Waals surface area contributed by atoms with Gasteiger partial charge in [-0.2, -0.15) is 0 Å². The van der Waals surface area contributed by atoms with Gasteiger partial charge in [0.05, 0.1) is 12.1 Å². The SMILES string of the molecule is COC1CCN(C(C)C(=O)c2cccc(Cl)c2)C1. The highest BCUT2D eigenvalue weighted by Crippen LogP contribution is 2.19. The second kappa shape index (κ2) is 5.83. The van der Waals surface area contributed by atoms with Crippen LogP contribution in [-0.2, 0) is 4.74 Å². The summed E-state index contributed by atoms with van der Waals surface area (Å²) in [4.78, 5) is 14.5. The quantitative estimate of drug-likeness (QED) is 0.786. The molecule has 0 bridgehead atoms. The Balaban J connectivity index is 2.05. The van der Waals surface area contributed by atoms with Crippen LogP contribution in [0.1, 0.15) is 23.7 Å². The molecular weight excluding hydrogens is 250 g/mol. The average molecular weight is 268 g/mol. The van der Waals surface area contributed by atoms with Gasteiger partial charge in [0.25, 0.3) is 0 Å². The van der Waals surface area contributed by atoms with E-state index in [0.29, 0.717) is 10.6 Å². The fourth-order valence-electron chi connectivity index (χ4n) is 2.35. The Morgan fingerprint density at radius 2 is 2.33 bits per heavy atom. The molecule has 1 fully saturated rings. The molecule has 0 radical (unpaired) electrons. The maximum Gasteiger partial charge on any atom is 0.179 e. The van der Waals surface area contributed by atoms with Crippen molar-refractivity contribution in [2.45, 2.75) is 25.5 Å². The highest BCUT2D eigenvalue weighted by molar-refractivity contribution is 6.31. The summed E-state index contributed by atoms with van der Waals surface area (Å²) in [5.41, 5.74) is 0.677. The van der Waals surface area contributed by atoms with Crippen molar-refractivity contribution in [1.29, 1.82) is 0 Å². The highest BCUT2D eigenvalue weighted by atomic mass is 35.5. The van der Waals surface area contributed by atoms with Gasteiger partial charge < -0.3 is 4.74 Å². The Kier molecular flexibility index (Phi) is 4.38. The van der Waals surface area contributed by atoms with Crippen molar-refractivity contribution >= 4 is 17.4 Å². The van der Waals surface area contributed by atoms with E-state index in [0.717, 1.165) is 19.5 Å². The molecule has 0 saturated carbocycles. The van der Waals surface area contributed by atoms with Crippen LogP contribution in [0.25, 0.3) is 0 Å². The molecule has 1 aromatic carbocycles. The van der Waals surface area contributed by atoms with Crippen LogP contribution in [0.4, 0.5) is 0 Å². The minimum Gasteiger partial charge on any atom is -0.380 e. The van der Waals surface area contributed by atoms with Crippen LogP contribution in [0.5, 0.6) is 0 Å². The van der Waals surface area contributed by atoms with E-state index >= 15 is 0 Å². The molecule has 1 heterocycles. The van der Waals surface area contributed by atoms with E-state index in [4.69, 9.17) is 16.3 Å². The molecule has 0 amide bonds. The van der Waals surface area contributed by atoms with E-state index in [1.165, 1.54) is 0 Å². The fraction of sp³-hybridized carbons (Fsp3) is 0.500.